The van der Waals surface area contributed by atoms with E-state index in [9.17, 15) is 43.9 Å². The summed E-state index contributed by atoms with van der Waals surface area (Å²) in [5, 5.41) is 7.76. The standard InChI is InChI=1S/C5H2F10O/c6-2(7,1(16)3(8,9)10)4(11,12)5(13,14)15/h1,16H. The summed E-state index contributed by atoms with van der Waals surface area (Å²) in [6, 6.07) is 0. The van der Waals surface area contributed by atoms with Crippen LogP contribution in [0.3, 0.4) is 0 Å². The first-order chi connectivity index (χ1) is 6.65. The van der Waals surface area contributed by atoms with Crippen LogP contribution >= 0.6 is 0 Å². The van der Waals surface area contributed by atoms with Gasteiger partial charge in [-0.1, -0.05) is 0 Å². The van der Waals surface area contributed by atoms with Crippen LogP contribution in [0.1, 0.15) is 0 Å². The highest BCUT2D eigenvalue weighted by atomic mass is 19.4. The molecule has 1 atom stereocenters. The number of rotatable bonds is 2. The van der Waals surface area contributed by atoms with Crippen LogP contribution in [0.5, 0.6) is 0 Å². The van der Waals surface area contributed by atoms with Gasteiger partial charge in [-0.05, 0) is 0 Å². The van der Waals surface area contributed by atoms with Crippen molar-refractivity contribution < 1.29 is 49.0 Å². The second-order valence-electron chi connectivity index (χ2n) is 2.64. The van der Waals surface area contributed by atoms with Gasteiger partial charge < -0.3 is 5.11 Å². The van der Waals surface area contributed by atoms with E-state index in [0.29, 0.717) is 0 Å². The van der Waals surface area contributed by atoms with Crippen molar-refractivity contribution >= 4 is 0 Å². The topological polar surface area (TPSA) is 20.2 Å². The number of aliphatic hydroxyl groups is 1. The molecule has 98 valence electrons. The summed E-state index contributed by atoms with van der Waals surface area (Å²) in [7, 11) is 0. The highest BCUT2D eigenvalue weighted by Crippen LogP contribution is 2.50. The smallest absolute Gasteiger partial charge is 0.379 e. The minimum atomic E-state index is -6.99. The van der Waals surface area contributed by atoms with Crippen LogP contribution in [0.15, 0.2) is 0 Å². The Bertz CT molecular complexity index is 249. The normalized spacial score (nSPS) is 17.4. The van der Waals surface area contributed by atoms with Crippen molar-refractivity contribution in [2.75, 3.05) is 0 Å². The lowest BCUT2D eigenvalue weighted by atomic mass is 10.1. The van der Waals surface area contributed by atoms with E-state index in [0.717, 1.165) is 0 Å². The Kier molecular flexibility index (Phi) is 3.47. The van der Waals surface area contributed by atoms with Gasteiger partial charge >= 0.3 is 24.2 Å². The second-order valence-corrected chi connectivity index (χ2v) is 2.64. The summed E-state index contributed by atoms with van der Waals surface area (Å²) in [6.07, 6.45) is -18.3. The molecular formula is C5H2F10O. The number of halogens is 10. The monoisotopic (exact) mass is 268 g/mol. The molecule has 0 aromatic rings. The first kappa shape index (κ1) is 15.3. The zero-order valence-corrected chi connectivity index (χ0v) is 6.80. The molecule has 0 saturated carbocycles. The van der Waals surface area contributed by atoms with Gasteiger partial charge in [0.05, 0.1) is 0 Å². The van der Waals surface area contributed by atoms with Gasteiger partial charge in [-0.3, -0.25) is 0 Å². The van der Waals surface area contributed by atoms with Gasteiger partial charge in [0.25, 0.3) is 0 Å². The molecule has 0 bridgehead atoms. The van der Waals surface area contributed by atoms with Gasteiger partial charge in [0.1, 0.15) is 0 Å². The second kappa shape index (κ2) is 3.64. The molecule has 11 heteroatoms. The maximum absolute atomic E-state index is 12.1. The summed E-state index contributed by atoms with van der Waals surface area (Å²) in [5.74, 6) is -13.7. The van der Waals surface area contributed by atoms with Gasteiger partial charge in [0.2, 0.25) is 6.10 Å². The molecule has 0 aliphatic carbocycles. The third kappa shape index (κ3) is 2.33. The van der Waals surface area contributed by atoms with Gasteiger partial charge in [-0.25, -0.2) is 0 Å². The number of hydrogen-bond acceptors (Lipinski definition) is 1. The van der Waals surface area contributed by atoms with E-state index in [1.807, 2.05) is 0 Å². The highest BCUT2D eigenvalue weighted by molar-refractivity contribution is 4.98. The predicted molar refractivity (Wildman–Crippen MR) is 28.0 cm³/mol. The average Bonchev–Trinajstić information content (AvgIpc) is 1.98. The third-order valence-corrected chi connectivity index (χ3v) is 1.43. The molecule has 1 nitrogen and oxygen atoms in total. The summed E-state index contributed by atoms with van der Waals surface area (Å²) in [5.41, 5.74) is 0. The van der Waals surface area contributed by atoms with Gasteiger partial charge in [0.15, 0.2) is 0 Å². The van der Waals surface area contributed by atoms with E-state index in [1.54, 1.807) is 0 Å². The van der Waals surface area contributed by atoms with E-state index < -0.39 is 30.3 Å². The molecule has 0 aliphatic rings. The van der Waals surface area contributed by atoms with E-state index in [-0.39, 0.29) is 0 Å². The fourth-order valence-corrected chi connectivity index (χ4v) is 0.566. The molecular weight excluding hydrogens is 266 g/mol. The largest absolute Gasteiger partial charge is 0.459 e. The molecule has 1 unspecified atom stereocenters. The average molecular weight is 268 g/mol. The Hall–Kier alpha value is -0.740. The molecule has 0 saturated heterocycles. The van der Waals surface area contributed by atoms with Crippen LogP contribution in [0.2, 0.25) is 0 Å². The molecule has 0 aliphatic heterocycles. The fourth-order valence-electron chi connectivity index (χ4n) is 0.566. The Labute approximate surface area is 80.6 Å². The number of alkyl halides is 10. The summed E-state index contributed by atoms with van der Waals surface area (Å²) >= 11 is 0. The molecule has 0 spiro atoms. The van der Waals surface area contributed by atoms with Gasteiger partial charge in [-0.2, -0.15) is 43.9 Å². The van der Waals surface area contributed by atoms with Crippen LogP contribution in [0, 0.1) is 0 Å². The van der Waals surface area contributed by atoms with Crippen molar-refractivity contribution in [3.8, 4) is 0 Å². The Balaban J connectivity index is 5.37. The molecule has 0 aromatic carbocycles. The molecule has 16 heavy (non-hydrogen) atoms. The Morgan fingerprint density at radius 1 is 0.688 bits per heavy atom. The van der Waals surface area contributed by atoms with E-state index in [4.69, 9.17) is 5.11 Å². The first-order valence-corrected chi connectivity index (χ1v) is 3.23. The maximum atomic E-state index is 12.1. The Morgan fingerprint density at radius 2 is 1.00 bits per heavy atom. The summed E-state index contributed by atoms with van der Waals surface area (Å²) in [6.45, 7) is 0. The van der Waals surface area contributed by atoms with Crippen molar-refractivity contribution in [1.82, 2.24) is 0 Å². The van der Waals surface area contributed by atoms with Crippen LogP contribution in [0.4, 0.5) is 43.9 Å². The van der Waals surface area contributed by atoms with Crippen molar-refractivity contribution in [3.63, 3.8) is 0 Å². The van der Waals surface area contributed by atoms with Crippen molar-refractivity contribution in [3.05, 3.63) is 0 Å². The maximum Gasteiger partial charge on any atom is 0.459 e. The van der Waals surface area contributed by atoms with Crippen molar-refractivity contribution in [2.24, 2.45) is 0 Å². The minimum absolute atomic E-state index is 5.11. The van der Waals surface area contributed by atoms with Gasteiger partial charge in [-0.15, -0.1) is 0 Å². The first-order valence-electron chi connectivity index (χ1n) is 3.23. The van der Waals surface area contributed by atoms with E-state index >= 15 is 0 Å². The molecule has 0 heterocycles. The zero-order chi connectivity index (χ0) is 13.6. The number of hydrogen-bond donors (Lipinski definition) is 1. The minimum Gasteiger partial charge on any atom is -0.379 e. The lowest BCUT2D eigenvalue weighted by Crippen LogP contribution is -2.61. The van der Waals surface area contributed by atoms with Crippen LogP contribution in [-0.2, 0) is 0 Å². The quantitative estimate of drug-likeness (QED) is 0.763. The molecule has 0 radical (unpaired) electrons. The molecule has 0 rings (SSSR count). The highest BCUT2D eigenvalue weighted by Gasteiger charge is 2.78. The SMILES string of the molecule is OC(C(F)(F)F)C(F)(F)C(F)(F)C(F)(F)F. The Morgan fingerprint density at radius 3 is 1.19 bits per heavy atom. The summed E-state index contributed by atoms with van der Waals surface area (Å²) < 4.78 is 117. The molecule has 1 N–H and O–H groups in total. The number of aliphatic hydroxyl groups excluding tert-OH is 1. The van der Waals surface area contributed by atoms with E-state index in [2.05, 4.69) is 0 Å². The van der Waals surface area contributed by atoms with Crippen LogP contribution in [-0.4, -0.2) is 35.4 Å². The lowest BCUT2D eigenvalue weighted by Gasteiger charge is -2.32. The van der Waals surface area contributed by atoms with Gasteiger partial charge in [0, 0.05) is 0 Å². The van der Waals surface area contributed by atoms with Crippen LogP contribution in [0.25, 0.3) is 0 Å². The van der Waals surface area contributed by atoms with E-state index in [1.165, 1.54) is 0 Å². The predicted octanol–water partition coefficient (Wildman–Crippen LogP) is 2.74. The summed E-state index contributed by atoms with van der Waals surface area (Å²) in [4.78, 5) is 0. The fraction of sp³-hybridized carbons (Fsp3) is 1.00. The molecule has 0 fully saturated rings. The third-order valence-electron chi connectivity index (χ3n) is 1.43. The van der Waals surface area contributed by atoms with Crippen LogP contribution < -0.4 is 0 Å². The van der Waals surface area contributed by atoms with Crippen molar-refractivity contribution in [1.29, 1.82) is 0 Å². The molecule has 0 aromatic heterocycles. The molecule has 0 amide bonds. The van der Waals surface area contributed by atoms with Crippen molar-refractivity contribution in [2.45, 2.75) is 30.3 Å². The lowest BCUT2D eigenvalue weighted by molar-refractivity contribution is -0.394. The zero-order valence-electron chi connectivity index (χ0n) is 6.80.